The zero-order valence-corrected chi connectivity index (χ0v) is 21.0. The van der Waals surface area contributed by atoms with Crippen molar-refractivity contribution < 1.29 is 28.2 Å². The van der Waals surface area contributed by atoms with E-state index >= 15 is 0 Å². The molecular formula is C26H30FN5O5. The highest BCUT2D eigenvalue weighted by molar-refractivity contribution is 6.03. The van der Waals surface area contributed by atoms with Crippen LogP contribution >= 0.6 is 0 Å². The Morgan fingerprint density at radius 2 is 1.78 bits per heavy atom. The zero-order valence-electron chi connectivity index (χ0n) is 21.0. The van der Waals surface area contributed by atoms with Crippen molar-refractivity contribution in [2.75, 3.05) is 44.2 Å². The minimum Gasteiger partial charge on any atom is -0.491 e. The molecule has 1 aromatic heterocycles. The minimum atomic E-state index is -0.523. The number of halogens is 1. The molecule has 2 amide bonds. The van der Waals surface area contributed by atoms with Crippen molar-refractivity contribution in [3.8, 4) is 5.75 Å². The van der Waals surface area contributed by atoms with E-state index in [0.717, 1.165) is 0 Å². The first-order chi connectivity index (χ1) is 17.9. The third kappa shape index (κ3) is 6.49. The summed E-state index contributed by atoms with van der Waals surface area (Å²) >= 11 is 0. The molecule has 37 heavy (non-hydrogen) atoms. The van der Waals surface area contributed by atoms with Crippen molar-refractivity contribution in [2.45, 2.75) is 32.4 Å². The van der Waals surface area contributed by atoms with Gasteiger partial charge in [-0.15, -0.1) is 0 Å². The van der Waals surface area contributed by atoms with E-state index in [-0.39, 0.29) is 29.8 Å². The first-order valence-electron chi connectivity index (χ1n) is 12.0. The topological polar surface area (TPSA) is 115 Å². The molecule has 1 saturated heterocycles. The molecule has 0 bridgehead atoms. The molecule has 2 aromatic carbocycles. The second-order valence-electron chi connectivity index (χ2n) is 8.83. The number of aromatic nitrogens is 2. The van der Waals surface area contributed by atoms with Gasteiger partial charge in [0, 0.05) is 30.6 Å². The van der Waals surface area contributed by atoms with Crippen molar-refractivity contribution in [2.24, 2.45) is 0 Å². The van der Waals surface area contributed by atoms with Gasteiger partial charge in [-0.25, -0.2) is 14.4 Å². The standard InChI is InChI=1S/C26H30FN5O5/c1-16-13-36-14-17(2)32(16)24(34)12-23(33)30-18-4-6-19(7-5-18)31-26-25-21(27)10-20(37-9-8-35-3)11-22(25)28-15-29-26/h4-7,10-11,15-17H,8-9,12-14H2,1-3H3,(H,30,33)(H,28,29,31)/t16-,17-/m0/s1. The van der Waals surface area contributed by atoms with E-state index in [1.54, 1.807) is 42.3 Å². The van der Waals surface area contributed by atoms with E-state index in [9.17, 15) is 14.0 Å². The lowest BCUT2D eigenvalue weighted by Crippen LogP contribution is -2.53. The summed E-state index contributed by atoms with van der Waals surface area (Å²) in [6.07, 6.45) is 1.09. The molecule has 0 aliphatic carbocycles. The van der Waals surface area contributed by atoms with Crippen molar-refractivity contribution in [1.29, 1.82) is 0 Å². The van der Waals surface area contributed by atoms with Gasteiger partial charge < -0.3 is 29.7 Å². The number of ether oxygens (including phenoxy) is 3. The number of fused-ring (bicyclic) bond motifs is 1. The van der Waals surface area contributed by atoms with Crippen LogP contribution in [0.5, 0.6) is 5.75 Å². The van der Waals surface area contributed by atoms with Gasteiger partial charge in [0.2, 0.25) is 11.8 Å². The van der Waals surface area contributed by atoms with Crippen LogP contribution in [0.4, 0.5) is 21.6 Å². The normalized spacial score (nSPS) is 17.5. The molecule has 2 heterocycles. The van der Waals surface area contributed by atoms with E-state index in [0.29, 0.717) is 54.9 Å². The Labute approximate surface area is 214 Å². The number of amides is 2. The lowest BCUT2D eigenvalue weighted by molar-refractivity contribution is -0.145. The Morgan fingerprint density at radius 1 is 1.08 bits per heavy atom. The van der Waals surface area contributed by atoms with E-state index in [4.69, 9.17) is 14.2 Å². The first-order valence-corrected chi connectivity index (χ1v) is 12.0. The number of hydrogen-bond donors (Lipinski definition) is 2. The highest BCUT2D eigenvalue weighted by Crippen LogP contribution is 2.29. The fourth-order valence-electron chi connectivity index (χ4n) is 4.24. The first kappa shape index (κ1) is 26.2. The van der Waals surface area contributed by atoms with Gasteiger partial charge in [0.05, 0.1) is 42.8 Å². The van der Waals surface area contributed by atoms with Crippen LogP contribution in [0.3, 0.4) is 0 Å². The summed E-state index contributed by atoms with van der Waals surface area (Å²) in [4.78, 5) is 35.2. The molecule has 0 saturated carbocycles. The Bertz CT molecular complexity index is 1250. The number of carbonyl (C=O) groups is 2. The van der Waals surface area contributed by atoms with Gasteiger partial charge in [-0.2, -0.15) is 0 Å². The minimum absolute atomic E-state index is 0.0769. The van der Waals surface area contributed by atoms with Gasteiger partial charge in [0.1, 0.15) is 36.7 Å². The second kappa shape index (κ2) is 11.9. The number of benzene rings is 2. The van der Waals surface area contributed by atoms with Crippen molar-refractivity contribution in [3.05, 3.63) is 48.5 Å². The maximum absolute atomic E-state index is 14.9. The monoisotopic (exact) mass is 511 g/mol. The van der Waals surface area contributed by atoms with E-state index in [1.165, 1.54) is 12.4 Å². The summed E-state index contributed by atoms with van der Waals surface area (Å²) in [5, 5.41) is 6.06. The summed E-state index contributed by atoms with van der Waals surface area (Å²) in [5.41, 5.74) is 1.55. The van der Waals surface area contributed by atoms with Crippen LogP contribution in [0.1, 0.15) is 20.3 Å². The largest absolute Gasteiger partial charge is 0.491 e. The summed E-state index contributed by atoms with van der Waals surface area (Å²) in [6.45, 7) is 5.40. The highest BCUT2D eigenvalue weighted by atomic mass is 19.1. The molecule has 1 aliphatic rings. The maximum Gasteiger partial charge on any atom is 0.233 e. The van der Waals surface area contributed by atoms with Gasteiger partial charge in [-0.3, -0.25) is 9.59 Å². The molecule has 10 nitrogen and oxygen atoms in total. The summed E-state index contributed by atoms with van der Waals surface area (Å²) in [7, 11) is 1.56. The Balaban J connectivity index is 1.39. The molecule has 2 N–H and O–H groups in total. The number of hydrogen-bond acceptors (Lipinski definition) is 8. The second-order valence-corrected chi connectivity index (χ2v) is 8.83. The zero-order chi connectivity index (χ0) is 26.4. The van der Waals surface area contributed by atoms with Crippen molar-refractivity contribution >= 4 is 39.9 Å². The average molecular weight is 512 g/mol. The van der Waals surface area contributed by atoms with Gasteiger partial charge >= 0.3 is 0 Å². The van der Waals surface area contributed by atoms with Crippen LogP contribution in [0, 0.1) is 5.82 Å². The van der Waals surface area contributed by atoms with E-state index < -0.39 is 11.7 Å². The van der Waals surface area contributed by atoms with Crippen LogP contribution in [-0.4, -0.2) is 72.3 Å². The number of rotatable bonds is 9. The van der Waals surface area contributed by atoms with Gasteiger partial charge in [-0.05, 0) is 38.1 Å². The molecule has 2 atom stereocenters. The average Bonchev–Trinajstić information content (AvgIpc) is 2.85. The highest BCUT2D eigenvalue weighted by Gasteiger charge is 2.30. The summed E-state index contributed by atoms with van der Waals surface area (Å²) in [6, 6.07) is 9.58. The predicted octanol–water partition coefficient (Wildman–Crippen LogP) is 3.50. The summed E-state index contributed by atoms with van der Waals surface area (Å²) in [5.74, 6) is -0.511. The molecule has 1 fully saturated rings. The number of nitrogens with zero attached hydrogens (tertiary/aromatic N) is 3. The molecule has 0 spiro atoms. The number of anilines is 3. The van der Waals surface area contributed by atoms with Crippen molar-refractivity contribution in [3.63, 3.8) is 0 Å². The van der Waals surface area contributed by atoms with E-state index in [1.807, 2.05) is 13.8 Å². The Kier molecular flexibility index (Phi) is 8.47. The fraction of sp³-hybridized carbons (Fsp3) is 0.385. The molecule has 196 valence electrons. The molecule has 4 rings (SSSR count). The Morgan fingerprint density at radius 3 is 2.49 bits per heavy atom. The maximum atomic E-state index is 14.9. The lowest BCUT2D eigenvalue weighted by atomic mass is 10.1. The van der Waals surface area contributed by atoms with Gasteiger partial charge in [0.25, 0.3) is 0 Å². The quantitative estimate of drug-likeness (QED) is 0.331. The van der Waals surface area contributed by atoms with E-state index in [2.05, 4.69) is 20.6 Å². The third-order valence-corrected chi connectivity index (χ3v) is 5.92. The lowest BCUT2D eigenvalue weighted by Gasteiger charge is -2.38. The van der Waals surface area contributed by atoms with Crippen LogP contribution in [0.2, 0.25) is 0 Å². The molecule has 0 unspecified atom stereocenters. The number of nitrogens with one attached hydrogen (secondary N) is 2. The van der Waals surface area contributed by atoms with Crippen molar-refractivity contribution in [1.82, 2.24) is 14.9 Å². The van der Waals surface area contributed by atoms with Crippen LogP contribution in [-0.2, 0) is 19.1 Å². The fourth-order valence-corrected chi connectivity index (χ4v) is 4.24. The molecule has 1 aliphatic heterocycles. The predicted molar refractivity (Wildman–Crippen MR) is 136 cm³/mol. The third-order valence-electron chi connectivity index (χ3n) is 5.92. The van der Waals surface area contributed by atoms with Crippen LogP contribution in [0.15, 0.2) is 42.7 Å². The summed E-state index contributed by atoms with van der Waals surface area (Å²) < 4.78 is 30.8. The number of carbonyl (C=O) groups excluding carboxylic acids is 2. The molecule has 11 heteroatoms. The Hall–Kier alpha value is -3.83. The SMILES string of the molecule is COCCOc1cc(F)c2c(Nc3ccc(NC(=O)CC(=O)N4[C@@H](C)COC[C@@H]4C)cc3)ncnc2c1. The number of morpholine rings is 1. The molecule has 0 radical (unpaired) electrons. The van der Waals surface area contributed by atoms with Crippen LogP contribution < -0.4 is 15.4 Å². The smallest absolute Gasteiger partial charge is 0.233 e. The molecule has 3 aromatic rings. The molecular weight excluding hydrogens is 481 g/mol. The van der Waals surface area contributed by atoms with Gasteiger partial charge in [-0.1, -0.05) is 0 Å². The van der Waals surface area contributed by atoms with Gasteiger partial charge in [0.15, 0.2) is 0 Å². The number of methoxy groups -OCH3 is 1. The van der Waals surface area contributed by atoms with Crippen LogP contribution in [0.25, 0.3) is 10.9 Å².